The summed E-state index contributed by atoms with van der Waals surface area (Å²) >= 11 is 5.76. The number of amides is 1. The summed E-state index contributed by atoms with van der Waals surface area (Å²) in [4.78, 5) is 40.4. The number of halogens is 2. The molecule has 0 aliphatic rings. The SMILES string of the molecule is Cn1c(=O)c2nc(S(=O)(=O)CCC(=O)Nc3cc(Cl)ccc3F)n(C)c2n(C)c1=O. The van der Waals surface area contributed by atoms with Gasteiger partial charge in [-0.25, -0.2) is 22.6 Å². The zero-order chi connectivity index (χ0) is 22.4. The molecule has 0 aliphatic carbocycles. The maximum absolute atomic E-state index is 13.7. The summed E-state index contributed by atoms with van der Waals surface area (Å²) in [5, 5.41) is 2.00. The van der Waals surface area contributed by atoms with Crippen LogP contribution >= 0.6 is 11.6 Å². The first-order valence-electron chi connectivity index (χ1n) is 8.54. The first-order valence-corrected chi connectivity index (χ1v) is 10.6. The molecule has 10 nitrogen and oxygen atoms in total. The fourth-order valence-corrected chi connectivity index (χ4v) is 4.50. The van der Waals surface area contributed by atoms with Gasteiger partial charge in [0.2, 0.25) is 20.9 Å². The molecule has 0 fully saturated rings. The Morgan fingerprint density at radius 1 is 1.17 bits per heavy atom. The van der Waals surface area contributed by atoms with E-state index >= 15 is 0 Å². The first kappa shape index (κ1) is 21.7. The number of carbonyl (C=O) groups is 1. The number of hydrogen-bond donors (Lipinski definition) is 1. The molecule has 30 heavy (non-hydrogen) atoms. The molecule has 1 aromatic carbocycles. The van der Waals surface area contributed by atoms with Gasteiger partial charge in [-0.3, -0.25) is 18.7 Å². The molecule has 0 radical (unpaired) electrons. The zero-order valence-corrected chi connectivity index (χ0v) is 17.7. The van der Waals surface area contributed by atoms with E-state index in [1.165, 1.54) is 33.3 Å². The van der Waals surface area contributed by atoms with Gasteiger partial charge in [-0.1, -0.05) is 11.6 Å². The van der Waals surface area contributed by atoms with E-state index in [2.05, 4.69) is 10.3 Å². The number of rotatable bonds is 5. The van der Waals surface area contributed by atoms with Crippen molar-refractivity contribution in [3.8, 4) is 0 Å². The van der Waals surface area contributed by atoms with Gasteiger partial charge in [0.25, 0.3) is 5.56 Å². The van der Waals surface area contributed by atoms with Crippen LogP contribution in [0.5, 0.6) is 0 Å². The van der Waals surface area contributed by atoms with Crippen molar-refractivity contribution in [2.45, 2.75) is 11.6 Å². The molecule has 0 atom stereocenters. The van der Waals surface area contributed by atoms with Crippen molar-refractivity contribution in [1.82, 2.24) is 18.7 Å². The second-order valence-electron chi connectivity index (χ2n) is 6.57. The highest BCUT2D eigenvalue weighted by Gasteiger charge is 2.26. The molecular weight excluding hydrogens is 441 g/mol. The molecule has 3 rings (SSSR count). The lowest BCUT2D eigenvalue weighted by molar-refractivity contribution is -0.115. The molecule has 0 bridgehead atoms. The summed E-state index contributed by atoms with van der Waals surface area (Å²) in [5.41, 5.74) is -1.70. The quantitative estimate of drug-likeness (QED) is 0.597. The highest BCUT2D eigenvalue weighted by molar-refractivity contribution is 7.91. The third-order valence-electron chi connectivity index (χ3n) is 4.50. The molecule has 160 valence electrons. The molecule has 0 unspecified atom stereocenters. The van der Waals surface area contributed by atoms with Gasteiger partial charge in [-0.2, -0.15) is 0 Å². The molecular formula is C17H17ClFN5O5S. The van der Waals surface area contributed by atoms with Crippen LogP contribution in [0.15, 0.2) is 32.9 Å². The second kappa shape index (κ2) is 7.69. The Morgan fingerprint density at radius 2 is 1.83 bits per heavy atom. The molecule has 2 heterocycles. The maximum atomic E-state index is 13.7. The van der Waals surface area contributed by atoms with E-state index in [-0.39, 0.29) is 21.9 Å². The standard InChI is InChI=1S/C17H17ClFN5O5S/c1-22-14-13(15(26)24(3)17(27)23(14)2)21-16(22)30(28,29)7-6-12(25)20-11-8-9(18)4-5-10(11)19/h4-5,8H,6-7H2,1-3H3,(H,20,25). The van der Waals surface area contributed by atoms with Gasteiger partial charge in [0.1, 0.15) is 5.82 Å². The Balaban J connectivity index is 1.89. The summed E-state index contributed by atoms with van der Waals surface area (Å²) < 4.78 is 42.2. The number of sulfone groups is 1. The van der Waals surface area contributed by atoms with Crippen molar-refractivity contribution in [1.29, 1.82) is 0 Å². The normalized spacial score (nSPS) is 11.8. The third-order valence-corrected chi connectivity index (χ3v) is 6.40. The van der Waals surface area contributed by atoms with E-state index in [0.29, 0.717) is 0 Å². The summed E-state index contributed by atoms with van der Waals surface area (Å²) in [6.07, 6.45) is -0.492. The number of anilines is 1. The lowest BCUT2D eigenvalue weighted by Crippen LogP contribution is -2.37. The average molecular weight is 458 g/mol. The lowest BCUT2D eigenvalue weighted by Gasteiger charge is -2.08. The number of imidazole rings is 1. The Hall–Kier alpha value is -2.99. The van der Waals surface area contributed by atoms with Gasteiger partial charge in [0.05, 0.1) is 11.4 Å². The van der Waals surface area contributed by atoms with Crippen LogP contribution < -0.4 is 16.6 Å². The number of hydrogen-bond acceptors (Lipinski definition) is 6. The van der Waals surface area contributed by atoms with Crippen LogP contribution in [0.4, 0.5) is 10.1 Å². The number of benzene rings is 1. The molecule has 1 amide bonds. The second-order valence-corrected chi connectivity index (χ2v) is 9.01. The predicted octanol–water partition coefficient (Wildman–Crippen LogP) is 0.566. The molecule has 3 aromatic rings. The van der Waals surface area contributed by atoms with Gasteiger partial charge >= 0.3 is 5.69 Å². The van der Waals surface area contributed by atoms with Crippen LogP contribution in [0.2, 0.25) is 5.02 Å². The fourth-order valence-electron chi connectivity index (χ4n) is 2.96. The molecule has 2 aromatic heterocycles. The van der Waals surface area contributed by atoms with Gasteiger partial charge in [-0.05, 0) is 18.2 Å². The number of aryl methyl sites for hydroxylation is 2. The lowest BCUT2D eigenvalue weighted by atomic mass is 10.3. The van der Waals surface area contributed by atoms with E-state index in [0.717, 1.165) is 19.8 Å². The smallest absolute Gasteiger partial charge is 0.324 e. The highest BCUT2D eigenvalue weighted by atomic mass is 35.5. The Labute approximate surface area is 174 Å². The van der Waals surface area contributed by atoms with E-state index in [9.17, 15) is 27.2 Å². The Morgan fingerprint density at radius 3 is 2.50 bits per heavy atom. The predicted molar refractivity (Wildman–Crippen MR) is 108 cm³/mol. The van der Waals surface area contributed by atoms with Gasteiger partial charge in [-0.15, -0.1) is 0 Å². The van der Waals surface area contributed by atoms with Gasteiger partial charge < -0.3 is 9.88 Å². The van der Waals surface area contributed by atoms with Crippen molar-refractivity contribution in [2.75, 3.05) is 11.1 Å². The van der Waals surface area contributed by atoms with Crippen LogP contribution in [0.3, 0.4) is 0 Å². The summed E-state index contributed by atoms with van der Waals surface area (Å²) in [6, 6.07) is 3.57. The van der Waals surface area contributed by atoms with E-state index in [1.807, 2.05) is 0 Å². The molecule has 0 aliphatic heterocycles. The average Bonchev–Trinajstić information content (AvgIpc) is 3.04. The van der Waals surface area contributed by atoms with E-state index in [4.69, 9.17) is 11.6 Å². The number of aromatic nitrogens is 4. The van der Waals surface area contributed by atoms with Crippen LogP contribution in [0.25, 0.3) is 11.2 Å². The van der Waals surface area contributed by atoms with Gasteiger partial charge in [0, 0.05) is 32.6 Å². The third kappa shape index (κ3) is 3.75. The molecule has 13 heteroatoms. The molecule has 0 spiro atoms. The number of fused-ring (bicyclic) bond motifs is 1. The monoisotopic (exact) mass is 457 g/mol. The van der Waals surface area contributed by atoms with Crippen molar-refractivity contribution in [3.63, 3.8) is 0 Å². The Bertz CT molecular complexity index is 1410. The van der Waals surface area contributed by atoms with E-state index in [1.54, 1.807) is 0 Å². The van der Waals surface area contributed by atoms with E-state index < -0.39 is 50.1 Å². The summed E-state index contributed by atoms with van der Waals surface area (Å²) in [5.74, 6) is -2.11. The van der Waals surface area contributed by atoms with Crippen molar-refractivity contribution >= 4 is 44.2 Å². The maximum Gasteiger partial charge on any atom is 0.332 e. The van der Waals surface area contributed by atoms with Crippen molar-refractivity contribution in [3.05, 3.63) is 49.9 Å². The summed E-state index contributed by atoms with van der Waals surface area (Å²) in [6.45, 7) is 0. The molecule has 0 saturated heterocycles. The first-order chi connectivity index (χ1) is 13.9. The molecule has 0 saturated carbocycles. The minimum Gasteiger partial charge on any atom is -0.324 e. The van der Waals surface area contributed by atoms with Crippen molar-refractivity contribution in [2.24, 2.45) is 21.1 Å². The van der Waals surface area contributed by atoms with Crippen LogP contribution in [0.1, 0.15) is 6.42 Å². The van der Waals surface area contributed by atoms with Gasteiger partial charge in [0.15, 0.2) is 11.2 Å². The largest absolute Gasteiger partial charge is 0.332 e. The summed E-state index contributed by atoms with van der Waals surface area (Å²) in [7, 11) is -0.120. The van der Waals surface area contributed by atoms with Crippen LogP contribution in [-0.2, 0) is 35.8 Å². The minimum absolute atomic E-state index is 0.0344. The zero-order valence-electron chi connectivity index (χ0n) is 16.1. The minimum atomic E-state index is -4.11. The van der Waals surface area contributed by atoms with Crippen LogP contribution in [0, 0.1) is 5.82 Å². The number of nitrogens with one attached hydrogen (secondary N) is 1. The number of carbonyl (C=O) groups excluding carboxylic acids is 1. The fraction of sp³-hybridized carbons (Fsp3) is 0.294. The molecule has 1 N–H and O–H groups in total. The van der Waals surface area contributed by atoms with Crippen molar-refractivity contribution < 1.29 is 17.6 Å². The number of nitrogens with zero attached hydrogens (tertiary/aromatic N) is 4. The Kier molecular flexibility index (Phi) is 5.56. The van der Waals surface area contributed by atoms with Crippen LogP contribution in [-0.4, -0.2) is 38.8 Å². The topological polar surface area (TPSA) is 125 Å². The highest BCUT2D eigenvalue weighted by Crippen LogP contribution is 2.20.